The molecule has 6 heteroatoms. The van der Waals surface area contributed by atoms with Crippen molar-refractivity contribution in [2.24, 2.45) is 10.7 Å². The molecule has 10 heavy (non-hydrogen) atoms. The van der Waals surface area contributed by atoms with Crippen LogP contribution < -0.4 is 5.73 Å². The molecule has 0 aromatic carbocycles. The molecule has 1 heterocycles. The fraction of sp³-hybridized carbons (Fsp3) is 0.750. The average molecular weight is 162 g/mol. The molecule has 1 aliphatic heterocycles. The molecular weight excluding hydrogens is 153 g/mol. The van der Waals surface area contributed by atoms with Crippen LogP contribution in [0.2, 0.25) is 0 Å². The zero-order valence-corrected chi connectivity index (χ0v) is 6.29. The van der Waals surface area contributed by atoms with Crippen LogP contribution in [0.5, 0.6) is 0 Å². The lowest BCUT2D eigenvalue weighted by molar-refractivity contribution is 0.455. The second-order valence-corrected chi connectivity index (χ2v) is 2.98. The monoisotopic (exact) mass is 162 g/mol. The number of hydrogen-bond donors (Lipinski definition) is 2. The van der Waals surface area contributed by atoms with Crippen LogP contribution in [0.1, 0.15) is 0 Å². The van der Waals surface area contributed by atoms with Crippen LogP contribution in [0.15, 0.2) is 4.99 Å². The van der Waals surface area contributed by atoms with Crippen molar-refractivity contribution in [3.05, 3.63) is 0 Å². The summed E-state index contributed by atoms with van der Waals surface area (Å²) in [4.78, 5) is 13.9. The van der Waals surface area contributed by atoms with Gasteiger partial charge < -0.3 is 5.73 Å². The number of hydrogen-bond acceptors (Lipinski definition) is 4. The summed E-state index contributed by atoms with van der Waals surface area (Å²) >= 11 is 0. The molecule has 0 spiro atoms. The second-order valence-electron chi connectivity index (χ2n) is 2.00. The van der Waals surface area contributed by atoms with Gasteiger partial charge in [0, 0.05) is 6.54 Å². The van der Waals surface area contributed by atoms with Crippen molar-refractivity contribution in [1.29, 1.82) is 0 Å². The molecule has 56 valence electrons. The van der Waals surface area contributed by atoms with Gasteiger partial charge in [-0.15, -0.1) is 0 Å². The normalized spacial score (nSPS) is 19.1. The lowest BCUT2D eigenvalue weighted by Gasteiger charge is -2.08. The third kappa shape index (κ3) is 1.65. The number of rotatable bonds is 2. The van der Waals surface area contributed by atoms with E-state index in [9.17, 15) is 4.57 Å². The molecule has 1 rings (SSSR count). The number of nitrogens with two attached hydrogens (primary N) is 1. The van der Waals surface area contributed by atoms with Gasteiger partial charge in [-0.05, 0) is 4.57 Å². The molecule has 0 fully saturated rings. The van der Waals surface area contributed by atoms with E-state index in [1.165, 1.54) is 0 Å². The van der Waals surface area contributed by atoms with Crippen LogP contribution >= 0.6 is 8.03 Å². The Morgan fingerprint density at radius 1 is 1.90 bits per heavy atom. The van der Waals surface area contributed by atoms with E-state index in [1.807, 2.05) is 0 Å². The first-order chi connectivity index (χ1) is 4.70. The van der Waals surface area contributed by atoms with Crippen LogP contribution in [-0.2, 0) is 4.57 Å². The van der Waals surface area contributed by atoms with E-state index >= 15 is 0 Å². The van der Waals surface area contributed by atoms with Gasteiger partial charge in [0.15, 0.2) is 5.96 Å². The summed E-state index contributed by atoms with van der Waals surface area (Å²) in [6, 6.07) is 0. The van der Waals surface area contributed by atoms with Crippen molar-refractivity contribution in [2.75, 3.05) is 19.4 Å². The smallest absolute Gasteiger partial charge is 0.370 e. The molecule has 1 aliphatic rings. The minimum absolute atomic E-state index is 0.102. The second kappa shape index (κ2) is 2.94. The molecule has 5 nitrogen and oxygen atoms in total. The predicted octanol–water partition coefficient (Wildman–Crippen LogP) is -0.691. The maximum absolute atomic E-state index is 10.3. The maximum Gasteiger partial charge on any atom is 0.527 e. The molecule has 0 aromatic heterocycles. The van der Waals surface area contributed by atoms with Gasteiger partial charge in [-0.2, -0.15) is 4.89 Å². The standard InChI is InChI=1S/C4H8N3O2P/c5-4-6-1-2-7(4)3-10(8)9/h1-3H2,(H2-,5,6,8,9)/p+1. The van der Waals surface area contributed by atoms with Crippen molar-refractivity contribution in [3.8, 4) is 0 Å². The summed E-state index contributed by atoms with van der Waals surface area (Å²) in [6.07, 6.45) is 0.102. The molecule has 0 saturated heterocycles. The fourth-order valence-corrected chi connectivity index (χ4v) is 1.37. The van der Waals surface area contributed by atoms with Gasteiger partial charge in [-0.25, -0.2) is 0 Å². The highest BCUT2D eigenvalue weighted by atomic mass is 31.1. The zero-order valence-electron chi connectivity index (χ0n) is 5.40. The molecule has 0 aliphatic carbocycles. The highest BCUT2D eigenvalue weighted by Gasteiger charge is 2.22. The summed E-state index contributed by atoms with van der Waals surface area (Å²) in [5, 5.41) is 0. The van der Waals surface area contributed by atoms with Gasteiger partial charge in [0.2, 0.25) is 0 Å². The van der Waals surface area contributed by atoms with E-state index < -0.39 is 8.03 Å². The Morgan fingerprint density at radius 3 is 3.00 bits per heavy atom. The zero-order chi connectivity index (χ0) is 7.56. The van der Waals surface area contributed by atoms with E-state index in [1.54, 1.807) is 4.90 Å². The van der Waals surface area contributed by atoms with Crippen LogP contribution in [-0.4, -0.2) is 35.1 Å². The first-order valence-corrected chi connectivity index (χ1v) is 4.28. The summed E-state index contributed by atoms with van der Waals surface area (Å²) in [5.74, 6) is 0.373. The van der Waals surface area contributed by atoms with Gasteiger partial charge in [0.1, 0.15) is 0 Å². The molecule has 1 unspecified atom stereocenters. The van der Waals surface area contributed by atoms with E-state index in [0.717, 1.165) is 0 Å². The fourth-order valence-electron chi connectivity index (χ4n) is 0.789. The van der Waals surface area contributed by atoms with E-state index in [2.05, 4.69) is 4.99 Å². The molecule has 1 atom stereocenters. The van der Waals surface area contributed by atoms with Crippen LogP contribution in [0, 0.1) is 0 Å². The SMILES string of the molecule is NC1=NCCN1C[P+](=O)O. The molecule has 0 radical (unpaired) electrons. The quantitative estimate of drug-likeness (QED) is 0.526. The van der Waals surface area contributed by atoms with Gasteiger partial charge in [0.05, 0.1) is 6.54 Å². The Balaban J connectivity index is 2.43. The third-order valence-corrected chi connectivity index (χ3v) is 1.84. The Hall–Kier alpha value is -0.670. The third-order valence-electron chi connectivity index (χ3n) is 1.26. The summed E-state index contributed by atoms with van der Waals surface area (Å²) in [7, 11) is -2.12. The van der Waals surface area contributed by atoms with Gasteiger partial charge in [0.25, 0.3) is 6.29 Å². The molecular formula is C4H9N3O2P+. The maximum atomic E-state index is 10.3. The van der Waals surface area contributed by atoms with Crippen molar-refractivity contribution in [1.82, 2.24) is 4.90 Å². The summed E-state index contributed by atoms with van der Waals surface area (Å²) in [6.45, 7) is 1.29. The molecule has 3 N–H and O–H groups in total. The number of guanidine groups is 1. The molecule has 0 bridgehead atoms. The van der Waals surface area contributed by atoms with Crippen molar-refractivity contribution >= 4 is 14.0 Å². The lowest BCUT2D eigenvalue weighted by atomic mass is 10.6. The van der Waals surface area contributed by atoms with Crippen LogP contribution in [0.3, 0.4) is 0 Å². The van der Waals surface area contributed by atoms with E-state index in [-0.39, 0.29) is 6.29 Å². The van der Waals surface area contributed by atoms with Gasteiger partial charge in [-0.1, -0.05) is 0 Å². The Morgan fingerprint density at radius 2 is 2.60 bits per heavy atom. The van der Waals surface area contributed by atoms with E-state index in [0.29, 0.717) is 19.0 Å². The highest BCUT2D eigenvalue weighted by Crippen LogP contribution is 2.15. The van der Waals surface area contributed by atoms with Gasteiger partial charge in [-0.3, -0.25) is 9.89 Å². The van der Waals surface area contributed by atoms with Gasteiger partial charge >= 0.3 is 8.03 Å². The van der Waals surface area contributed by atoms with E-state index in [4.69, 9.17) is 10.6 Å². The Kier molecular flexibility index (Phi) is 2.19. The minimum atomic E-state index is -2.12. The first kappa shape index (κ1) is 7.44. The predicted molar refractivity (Wildman–Crippen MR) is 37.9 cm³/mol. The Labute approximate surface area is 59.4 Å². The first-order valence-electron chi connectivity index (χ1n) is 2.88. The topological polar surface area (TPSA) is 78.9 Å². The van der Waals surface area contributed by atoms with Crippen LogP contribution in [0.4, 0.5) is 0 Å². The number of aliphatic imine (C=N–C) groups is 1. The van der Waals surface area contributed by atoms with Crippen molar-refractivity contribution in [3.63, 3.8) is 0 Å². The minimum Gasteiger partial charge on any atom is -0.370 e. The number of nitrogens with zero attached hydrogens (tertiary/aromatic N) is 2. The molecule has 0 aromatic rings. The lowest BCUT2D eigenvalue weighted by Crippen LogP contribution is -2.33. The largest absolute Gasteiger partial charge is 0.527 e. The summed E-state index contributed by atoms with van der Waals surface area (Å²) < 4.78 is 10.3. The summed E-state index contributed by atoms with van der Waals surface area (Å²) in [5.41, 5.74) is 5.36. The highest BCUT2D eigenvalue weighted by molar-refractivity contribution is 7.37. The van der Waals surface area contributed by atoms with Crippen molar-refractivity contribution < 1.29 is 9.46 Å². The van der Waals surface area contributed by atoms with Crippen molar-refractivity contribution in [2.45, 2.75) is 0 Å². The van der Waals surface area contributed by atoms with Crippen LogP contribution in [0.25, 0.3) is 0 Å². The Bertz CT molecular complexity index is 181. The molecule has 0 saturated carbocycles. The average Bonchev–Trinajstić information content (AvgIpc) is 2.15. The molecule has 0 amide bonds.